The van der Waals surface area contributed by atoms with E-state index in [-0.39, 0.29) is 22.0 Å². The summed E-state index contributed by atoms with van der Waals surface area (Å²) in [6.07, 6.45) is 2.59. The lowest BCUT2D eigenvalue weighted by Crippen LogP contribution is -2.14. The van der Waals surface area contributed by atoms with Crippen LogP contribution in [0.1, 0.15) is 10.4 Å². The van der Waals surface area contributed by atoms with Gasteiger partial charge in [-0.05, 0) is 18.2 Å². The summed E-state index contributed by atoms with van der Waals surface area (Å²) in [4.78, 5) is 14.5. The number of carbonyl (C=O) groups is 1. The first-order valence-corrected chi connectivity index (χ1v) is 6.85. The molecule has 0 spiro atoms. The van der Waals surface area contributed by atoms with E-state index >= 15 is 0 Å². The number of carboxylic acids is 1. The monoisotopic (exact) mass is 297 g/mol. The summed E-state index contributed by atoms with van der Waals surface area (Å²) in [5.41, 5.74) is -0.378. The number of phenols is 1. The van der Waals surface area contributed by atoms with Crippen molar-refractivity contribution >= 4 is 21.7 Å². The van der Waals surface area contributed by atoms with Crippen molar-refractivity contribution in [2.24, 2.45) is 7.05 Å². The molecule has 2 aromatic rings. The van der Waals surface area contributed by atoms with Gasteiger partial charge in [0.1, 0.15) is 5.75 Å². The molecule has 0 bridgehead atoms. The third-order valence-electron chi connectivity index (χ3n) is 2.44. The van der Waals surface area contributed by atoms with E-state index in [1.807, 2.05) is 0 Å². The molecule has 0 aliphatic rings. The number of nitrogens with one attached hydrogen (secondary N) is 1. The lowest BCUT2D eigenvalue weighted by atomic mass is 10.2. The first-order valence-electron chi connectivity index (χ1n) is 5.37. The molecule has 0 saturated heterocycles. The molecular formula is C11H11N3O5S. The molecule has 3 N–H and O–H groups in total. The first-order chi connectivity index (χ1) is 9.29. The van der Waals surface area contributed by atoms with Crippen molar-refractivity contribution in [3.05, 3.63) is 36.3 Å². The van der Waals surface area contributed by atoms with E-state index in [0.29, 0.717) is 0 Å². The molecule has 1 aromatic heterocycles. The standard InChI is InChI=1S/C11H11N3O5S/c1-14-5-10(12-6-14)20(18,19)13-8-4-7(11(16)17)2-3-9(8)15/h2-6,13,15H,1H3,(H,16,17). The fraction of sp³-hybridized carbons (Fsp3) is 0.0909. The fourth-order valence-corrected chi connectivity index (χ4v) is 2.52. The van der Waals surface area contributed by atoms with E-state index in [1.54, 1.807) is 7.05 Å². The zero-order valence-electron chi connectivity index (χ0n) is 10.3. The molecule has 1 aromatic carbocycles. The minimum Gasteiger partial charge on any atom is -0.506 e. The van der Waals surface area contributed by atoms with E-state index < -0.39 is 16.0 Å². The average Bonchev–Trinajstić information content (AvgIpc) is 2.79. The number of hydrogen-bond donors (Lipinski definition) is 3. The summed E-state index contributed by atoms with van der Waals surface area (Å²) in [6, 6.07) is 3.29. The minimum absolute atomic E-state index is 0.151. The minimum atomic E-state index is -3.99. The van der Waals surface area contributed by atoms with E-state index in [4.69, 9.17) is 5.11 Å². The largest absolute Gasteiger partial charge is 0.506 e. The Bertz CT molecular complexity index is 766. The van der Waals surface area contributed by atoms with Gasteiger partial charge in [0, 0.05) is 13.2 Å². The van der Waals surface area contributed by atoms with Crippen molar-refractivity contribution in [1.29, 1.82) is 0 Å². The molecule has 8 nitrogen and oxygen atoms in total. The van der Waals surface area contributed by atoms with Crippen LogP contribution in [-0.2, 0) is 17.1 Å². The van der Waals surface area contributed by atoms with Gasteiger partial charge in [-0.15, -0.1) is 0 Å². The maximum Gasteiger partial charge on any atom is 0.335 e. The molecular weight excluding hydrogens is 286 g/mol. The van der Waals surface area contributed by atoms with Gasteiger partial charge in [-0.25, -0.2) is 9.78 Å². The number of benzene rings is 1. The summed E-state index contributed by atoms with van der Waals surface area (Å²) >= 11 is 0. The number of aryl methyl sites for hydroxylation is 1. The number of imidazole rings is 1. The summed E-state index contributed by atoms with van der Waals surface area (Å²) in [6.45, 7) is 0. The van der Waals surface area contributed by atoms with E-state index in [1.165, 1.54) is 17.1 Å². The van der Waals surface area contributed by atoms with Crippen LogP contribution in [0.3, 0.4) is 0 Å². The Labute approximate surface area is 114 Å². The molecule has 0 amide bonds. The highest BCUT2D eigenvalue weighted by Gasteiger charge is 2.19. The molecule has 0 aliphatic heterocycles. The summed E-state index contributed by atoms with van der Waals surface area (Å²) in [5, 5.41) is 18.2. The van der Waals surface area contributed by atoms with E-state index in [2.05, 4.69) is 9.71 Å². The van der Waals surface area contributed by atoms with Gasteiger partial charge in [0.05, 0.1) is 17.6 Å². The van der Waals surface area contributed by atoms with Crippen molar-refractivity contribution in [3.8, 4) is 5.75 Å². The topological polar surface area (TPSA) is 122 Å². The van der Waals surface area contributed by atoms with Crippen LogP contribution >= 0.6 is 0 Å². The van der Waals surface area contributed by atoms with Crippen LogP contribution in [0.15, 0.2) is 35.7 Å². The van der Waals surface area contributed by atoms with E-state index in [9.17, 15) is 18.3 Å². The van der Waals surface area contributed by atoms with Gasteiger partial charge in [0.15, 0.2) is 5.03 Å². The smallest absolute Gasteiger partial charge is 0.335 e. The predicted molar refractivity (Wildman–Crippen MR) is 69.1 cm³/mol. The Morgan fingerprint density at radius 1 is 1.40 bits per heavy atom. The predicted octanol–water partition coefficient (Wildman–Crippen LogP) is 0.625. The molecule has 9 heteroatoms. The Balaban J connectivity index is 2.39. The number of sulfonamides is 1. The SMILES string of the molecule is Cn1cnc(S(=O)(=O)Nc2cc(C(=O)O)ccc2O)c1. The number of rotatable bonds is 4. The second-order valence-electron chi connectivity index (χ2n) is 4.02. The van der Waals surface area contributed by atoms with Gasteiger partial charge < -0.3 is 14.8 Å². The van der Waals surface area contributed by atoms with Crippen molar-refractivity contribution in [1.82, 2.24) is 9.55 Å². The highest BCUT2D eigenvalue weighted by Crippen LogP contribution is 2.26. The third-order valence-corrected chi connectivity index (χ3v) is 3.69. The normalized spacial score (nSPS) is 11.2. The highest BCUT2D eigenvalue weighted by molar-refractivity contribution is 7.92. The van der Waals surface area contributed by atoms with E-state index in [0.717, 1.165) is 18.2 Å². The van der Waals surface area contributed by atoms with Gasteiger partial charge in [-0.2, -0.15) is 8.42 Å². The van der Waals surface area contributed by atoms with Crippen molar-refractivity contribution in [2.45, 2.75) is 5.03 Å². The highest BCUT2D eigenvalue weighted by atomic mass is 32.2. The maximum absolute atomic E-state index is 12.0. The van der Waals surface area contributed by atoms with Crippen LogP contribution in [0.2, 0.25) is 0 Å². The number of aromatic nitrogens is 2. The Hall–Kier alpha value is -2.55. The number of aromatic carboxylic acids is 1. The number of carboxylic acid groups (broad SMARTS) is 1. The lowest BCUT2D eigenvalue weighted by Gasteiger charge is -2.08. The molecule has 2 rings (SSSR count). The average molecular weight is 297 g/mol. The van der Waals surface area contributed by atoms with Crippen LogP contribution in [0.4, 0.5) is 5.69 Å². The van der Waals surface area contributed by atoms with Crippen molar-refractivity contribution in [3.63, 3.8) is 0 Å². The Kier molecular flexibility index (Phi) is 3.36. The molecule has 0 aliphatic carbocycles. The zero-order chi connectivity index (χ0) is 14.9. The van der Waals surface area contributed by atoms with Crippen LogP contribution in [0.25, 0.3) is 0 Å². The number of aromatic hydroxyl groups is 1. The molecule has 1 heterocycles. The molecule has 0 radical (unpaired) electrons. The zero-order valence-corrected chi connectivity index (χ0v) is 11.1. The van der Waals surface area contributed by atoms with Crippen molar-refractivity contribution < 1.29 is 23.4 Å². The Morgan fingerprint density at radius 3 is 2.65 bits per heavy atom. The molecule has 20 heavy (non-hydrogen) atoms. The Morgan fingerprint density at radius 2 is 2.10 bits per heavy atom. The second-order valence-corrected chi connectivity index (χ2v) is 5.65. The molecule has 0 unspecified atom stereocenters. The van der Waals surface area contributed by atoms with Gasteiger partial charge >= 0.3 is 5.97 Å². The second kappa shape index (κ2) is 4.85. The number of anilines is 1. The number of nitrogens with zero attached hydrogens (tertiary/aromatic N) is 2. The maximum atomic E-state index is 12.0. The lowest BCUT2D eigenvalue weighted by molar-refractivity contribution is 0.0697. The van der Waals surface area contributed by atoms with Crippen LogP contribution in [0.5, 0.6) is 5.75 Å². The quantitative estimate of drug-likeness (QED) is 0.711. The van der Waals surface area contributed by atoms with Gasteiger partial charge in [0.2, 0.25) is 0 Å². The summed E-state index contributed by atoms with van der Waals surface area (Å²) in [7, 11) is -2.39. The molecule has 106 valence electrons. The number of hydrogen-bond acceptors (Lipinski definition) is 5. The van der Waals surface area contributed by atoms with Crippen LogP contribution in [0, 0.1) is 0 Å². The summed E-state index contributed by atoms with van der Waals surface area (Å²) in [5.74, 6) is -1.61. The van der Waals surface area contributed by atoms with Crippen molar-refractivity contribution in [2.75, 3.05) is 4.72 Å². The van der Waals surface area contributed by atoms with Gasteiger partial charge in [-0.1, -0.05) is 0 Å². The number of phenolic OH excluding ortho intramolecular Hbond substituents is 1. The molecule has 0 fully saturated rings. The van der Waals surface area contributed by atoms with Gasteiger partial charge in [0.25, 0.3) is 10.0 Å². The third kappa shape index (κ3) is 2.72. The van der Waals surface area contributed by atoms with Crippen LogP contribution in [-0.4, -0.2) is 34.2 Å². The fourth-order valence-electron chi connectivity index (χ4n) is 1.48. The molecule has 0 atom stereocenters. The summed E-state index contributed by atoms with van der Waals surface area (Å²) < 4.78 is 27.5. The first kappa shape index (κ1) is 13.9. The van der Waals surface area contributed by atoms with Gasteiger partial charge in [-0.3, -0.25) is 4.72 Å². The van der Waals surface area contributed by atoms with Crippen LogP contribution < -0.4 is 4.72 Å². The molecule has 0 saturated carbocycles.